The molecule has 11 heteroatoms. The van der Waals surface area contributed by atoms with Gasteiger partial charge in [-0.15, -0.1) is 0 Å². The maximum absolute atomic E-state index is 12.9. The van der Waals surface area contributed by atoms with Gasteiger partial charge in [0.25, 0.3) is 11.5 Å². The number of rotatable bonds is 7. The number of carbonyl (C=O) groups excluding carboxylic acids is 2. The third-order valence-corrected chi connectivity index (χ3v) is 7.63. The van der Waals surface area contributed by atoms with E-state index in [4.69, 9.17) is 4.74 Å². The van der Waals surface area contributed by atoms with E-state index in [0.717, 1.165) is 30.0 Å². The number of amides is 1. The van der Waals surface area contributed by atoms with Crippen molar-refractivity contribution in [2.24, 2.45) is 0 Å². The maximum atomic E-state index is 12.9. The summed E-state index contributed by atoms with van der Waals surface area (Å²) in [6.07, 6.45) is 2.64. The van der Waals surface area contributed by atoms with Gasteiger partial charge in [-0.3, -0.25) is 9.59 Å². The molecule has 36 heavy (non-hydrogen) atoms. The van der Waals surface area contributed by atoms with Crippen LogP contribution in [-0.2, 0) is 14.8 Å². The molecule has 1 fully saturated rings. The minimum absolute atomic E-state index is 0.0747. The third-order valence-electron chi connectivity index (χ3n) is 5.72. The van der Waals surface area contributed by atoms with Crippen molar-refractivity contribution >= 4 is 27.6 Å². The molecule has 1 saturated heterocycles. The average molecular weight is 511 g/mol. The summed E-state index contributed by atoms with van der Waals surface area (Å²) in [6.45, 7) is 2.65. The number of carbonyl (C=O) groups is 2. The van der Waals surface area contributed by atoms with Crippen molar-refractivity contribution in [1.82, 2.24) is 14.1 Å². The summed E-state index contributed by atoms with van der Waals surface area (Å²) in [4.78, 5) is 38.3. The average Bonchev–Trinajstić information content (AvgIpc) is 2.90. The summed E-state index contributed by atoms with van der Waals surface area (Å²) in [7, 11) is -3.64. The third kappa shape index (κ3) is 5.37. The molecule has 0 spiro atoms. The number of nitrogens with one attached hydrogen (secondary N) is 1. The lowest BCUT2D eigenvalue weighted by molar-refractivity contribution is 0.0518. The Labute approximate surface area is 208 Å². The van der Waals surface area contributed by atoms with E-state index in [9.17, 15) is 22.8 Å². The molecule has 0 unspecified atom stereocenters. The second-order valence-corrected chi connectivity index (χ2v) is 10.1. The molecule has 10 nitrogen and oxygen atoms in total. The molecule has 2 heterocycles. The molecular weight excluding hydrogens is 484 g/mol. The Morgan fingerprint density at radius 1 is 1.00 bits per heavy atom. The molecule has 0 aliphatic carbocycles. The van der Waals surface area contributed by atoms with Crippen LogP contribution in [0.25, 0.3) is 5.69 Å². The SMILES string of the molecule is CCOC(=O)c1nn(-c2ccccc2)c(=O)cc1NC(=O)c1ccc(S(=O)(=O)N2CCCCC2)cc1. The minimum Gasteiger partial charge on any atom is -0.461 e. The fraction of sp³-hybridized carbons (Fsp3) is 0.280. The first-order valence-corrected chi connectivity index (χ1v) is 13.0. The largest absolute Gasteiger partial charge is 0.461 e. The molecule has 0 radical (unpaired) electrons. The van der Waals surface area contributed by atoms with Crippen LogP contribution >= 0.6 is 0 Å². The van der Waals surface area contributed by atoms with Crippen LogP contribution < -0.4 is 10.9 Å². The van der Waals surface area contributed by atoms with Crippen LogP contribution in [0.3, 0.4) is 0 Å². The van der Waals surface area contributed by atoms with E-state index < -0.39 is 27.5 Å². The molecule has 1 N–H and O–H groups in total. The lowest BCUT2D eigenvalue weighted by atomic mass is 10.2. The van der Waals surface area contributed by atoms with Crippen molar-refractivity contribution in [3.63, 3.8) is 0 Å². The lowest BCUT2D eigenvalue weighted by Gasteiger charge is -2.25. The molecular formula is C25H26N4O6S. The quantitative estimate of drug-likeness (QED) is 0.484. The number of sulfonamides is 1. The van der Waals surface area contributed by atoms with Crippen LogP contribution in [-0.4, -0.2) is 54.1 Å². The molecule has 1 aliphatic rings. The fourth-order valence-electron chi connectivity index (χ4n) is 3.88. The number of piperidine rings is 1. The normalized spacial score (nSPS) is 14.2. The Morgan fingerprint density at radius 3 is 2.31 bits per heavy atom. The van der Waals surface area contributed by atoms with E-state index in [-0.39, 0.29) is 28.4 Å². The summed E-state index contributed by atoms with van der Waals surface area (Å²) in [5.41, 5.74) is -0.322. The minimum atomic E-state index is -3.64. The molecule has 3 aromatic rings. The highest BCUT2D eigenvalue weighted by atomic mass is 32.2. The predicted octanol–water partition coefficient (Wildman–Crippen LogP) is 2.84. The molecule has 1 amide bonds. The monoisotopic (exact) mass is 510 g/mol. The summed E-state index contributed by atoms with van der Waals surface area (Å²) in [5.74, 6) is -1.44. The number of anilines is 1. The van der Waals surface area contributed by atoms with Gasteiger partial charge in [0, 0.05) is 24.7 Å². The zero-order chi connectivity index (χ0) is 25.7. The van der Waals surface area contributed by atoms with Gasteiger partial charge in [0.05, 0.1) is 22.9 Å². The zero-order valence-corrected chi connectivity index (χ0v) is 20.5. The van der Waals surface area contributed by atoms with Gasteiger partial charge < -0.3 is 10.1 Å². The van der Waals surface area contributed by atoms with Crippen LogP contribution in [0.4, 0.5) is 5.69 Å². The van der Waals surface area contributed by atoms with Crippen LogP contribution in [0, 0.1) is 0 Å². The zero-order valence-electron chi connectivity index (χ0n) is 19.7. The highest BCUT2D eigenvalue weighted by Gasteiger charge is 2.26. The summed E-state index contributed by atoms with van der Waals surface area (Å²) < 4.78 is 33.3. The molecule has 188 valence electrons. The Morgan fingerprint density at radius 2 is 1.67 bits per heavy atom. The molecule has 4 rings (SSSR count). The Hall–Kier alpha value is -3.83. The number of esters is 1. The number of hydrogen-bond donors (Lipinski definition) is 1. The van der Waals surface area contributed by atoms with Crippen LogP contribution in [0.15, 0.2) is 70.4 Å². The summed E-state index contributed by atoms with van der Waals surface area (Å²) >= 11 is 0. The molecule has 1 aliphatic heterocycles. The lowest BCUT2D eigenvalue weighted by Crippen LogP contribution is -2.35. The van der Waals surface area contributed by atoms with E-state index in [1.807, 2.05) is 0 Å². The Bertz CT molecular complexity index is 1410. The highest BCUT2D eigenvalue weighted by Crippen LogP contribution is 2.21. The molecule has 0 atom stereocenters. The van der Waals surface area contributed by atoms with Gasteiger partial charge in [0.1, 0.15) is 0 Å². The molecule has 0 bridgehead atoms. The standard InChI is InChI=1S/C25H26N4O6S/c1-2-35-25(32)23-21(17-22(30)29(27-23)19-9-5-3-6-10-19)26-24(31)18-11-13-20(14-12-18)36(33,34)28-15-7-4-8-16-28/h3,5-6,9-14,17H,2,4,7-8,15-16H2,1H3,(H,26,31). The van der Waals surface area contributed by atoms with Gasteiger partial charge in [-0.1, -0.05) is 24.6 Å². The van der Waals surface area contributed by atoms with Crippen molar-refractivity contribution < 1.29 is 22.7 Å². The number of para-hydroxylation sites is 1. The van der Waals surface area contributed by atoms with E-state index >= 15 is 0 Å². The van der Waals surface area contributed by atoms with E-state index in [0.29, 0.717) is 18.8 Å². The maximum Gasteiger partial charge on any atom is 0.360 e. The highest BCUT2D eigenvalue weighted by molar-refractivity contribution is 7.89. The van der Waals surface area contributed by atoms with Crippen molar-refractivity contribution in [3.8, 4) is 5.69 Å². The summed E-state index contributed by atoms with van der Waals surface area (Å²) in [6, 6.07) is 15.1. The molecule has 0 saturated carbocycles. The Kier molecular flexibility index (Phi) is 7.61. The second kappa shape index (κ2) is 10.8. The van der Waals surface area contributed by atoms with Gasteiger partial charge in [0.15, 0.2) is 5.69 Å². The van der Waals surface area contributed by atoms with E-state index in [2.05, 4.69) is 10.4 Å². The van der Waals surface area contributed by atoms with Crippen LogP contribution in [0.2, 0.25) is 0 Å². The first-order chi connectivity index (χ1) is 17.3. The van der Waals surface area contributed by atoms with Crippen LogP contribution in [0.1, 0.15) is 47.0 Å². The van der Waals surface area contributed by atoms with Crippen molar-refractivity contribution in [1.29, 1.82) is 0 Å². The molecule has 1 aromatic heterocycles. The van der Waals surface area contributed by atoms with Crippen molar-refractivity contribution in [3.05, 3.63) is 82.3 Å². The van der Waals surface area contributed by atoms with Crippen LogP contribution in [0.5, 0.6) is 0 Å². The first kappa shape index (κ1) is 25.3. The molecule has 2 aromatic carbocycles. The smallest absolute Gasteiger partial charge is 0.360 e. The predicted molar refractivity (Wildman–Crippen MR) is 133 cm³/mol. The van der Waals surface area contributed by atoms with Crippen molar-refractivity contribution in [2.45, 2.75) is 31.1 Å². The van der Waals surface area contributed by atoms with Gasteiger partial charge in [0.2, 0.25) is 10.0 Å². The van der Waals surface area contributed by atoms with E-state index in [1.165, 1.54) is 28.6 Å². The van der Waals surface area contributed by atoms with Gasteiger partial charge in [-0.2, -0.15) is 14.1 Å². The fourth-order valence-corrected chi connectivity index (χ4v) is 5.40. The van der Waals surface area contributed by atoms with Gasteiger partial charge in [-0.05, 0) is 56.2 Å². The second-order valence-electron chi connectivity index (χ2n) is 8.16. The number of hydrogen-bond acceptors (Lipinski definition) is 7. The van der Waals surface area contributed by atoms with E-state index in [1.54, 1.807) is 37.3 Å². The van der Waals surface area contributed by atoms with Crippen molar-refractivity contribution in [2.75, 3.05) is 25.0 Å². The number of aromatic nitrogens is 2. The first-order valence-electron chi connectivity index (χ1n) is 11.6. The Balaban J connectivity index is 1.61. The number of benzene rings is 2. The topological polar surface area (TPSA) is 128 Å². The van der Waals surface area contributed by atoms with Gasteiger partial charge >= 0.3 is 5.97 Å². The van der Waals surface area contributed by atoms with Gasteiger partial charge in [-0.25, -0.2) is 13.2 Å². The number of ether oxygens (including phenoxy) is 1. The number of nitrogens with zero attached hydrogens (tertiary/aromatic N) is 3. The summed E-state index contributed by atoms with van der Waals surface area (Å²) in [5, 5.41) is 6.67.